The number of aromatic nitrogens is 2. The van der Waals surface area contributed by atoms with Crippen LogP contribution in [0.3, 0.4) is 0 Å². The number of ether oxygens (including phenoxy) is 1. The Morgan fingerprint density at radius 1 is 1.37 bits per heavy atom. The number of anilines is 1. The molecule has 6 heteroatoms. The van der Waals surface area contributed by atoms with Crippen LogP contribution in [0.1, 0.15) is 29.0 Å². The molecule has 1 saturated carbocycles. The maximum Gasteiger partial charge on any atom is 0.270 e. The second-order valence-corrected chi connectivity index (χ2v) is 5.04. The number of amides is 1. The first-order valence-electron chi connectivity index (χ1n) is 6.71. The summed E-state index contributed by atoms with van der Waals surface area (Å²) in [5.41, 5.74) is 1.28. The molecule has 2 heterocycles. The minimum absolute atomic E-state index is 0.0949. The Morgan fingerprint density at radius 3 is 2.79 bits per heavy atom. The summed E-state index contributed by atoms with van der Waals surface area (Å²) in [4.78, 5) is 22.9. The van der Waals surface area contributed by atoms with Gasteiger partial charge in [0.2, 0.25) is 5.95 Å². The molecule has 2 fully saturated rings. The minimum atomic E-state index is -0.0949. The molecule has 102 valence electrons. The first-order chi connectivity index (χ1) is 9.22. The maximum absolute atomic E-state index is 12.0. The molecule has 1 amide bonds. The molecule has 0 bridgehead atoms. The lowest BCUT2D eigenvalue weighted by atomic mass is 10.3. The second kappa shape index (κ2) is 5.13. The average Bonchev–Trinajstić information content (AvgIpc) is 3.23. The quantitative estimate of drug-likeness (QED) is 0.860. The molecule has 0 atom stereocenters. The lowest BCUT2D eigenvalue weighted by Gasteiger charge is -2.27. The zero-order valence-electron chi connectivity index (χ0n) is 11.1. The molecule has 3 rings (SSSR count). The third-order valence-electron chi connectivity index (χ3n) is 3.28. The van der Waals surface area contributed by atoms with Gasteiger partial charge in [0.15, 0.2) is 0 Å². The molecule has 1 aliphatic carbocycles. The molecule has 2 aliphatic rings. The molecule has 0 spiro atoms. The van der Waals surface area contributed by atoms with Gasteiger partial charge in [-0.25, -0.2) is 9.97 Å². The Bertz CT molecular complexity index is 482. The van der Waals surface area contributed by atoms with Gasteiger partial charge in [0.1, 0.15) is 5.69 Å². The molecule has 0 unspecified atom stereocenters. The van der Waals surface area contributed by atoms with Gasteiger partial charge in [-0.1, -0.05) is 0 Å². The van der Waals surface area contributed by atoms with Gasteiger partial charge in [-0.05, 0) is 25.8 Å². The monoisotopic (exact) mass is 262 g/mol. The Kier molecular flexibility index (Phi) is 3.33. The third kappa shape index (κ3) is 3.01. The van der Waals surface area contributed by atoms with E-state index in [-0.39, 0.29) is 5.91 Å². The standard InChI is InChI=1S/C13H18N4O2/c1-9-8-11(12(18)15-10-2-3-10)16-13(14-9)17-4-6-19-7-5-17/h8,10H,2-7H2,1H3,(H,15,18). The third-order valence-corrected chi connectivity index (χ3v) is 3.28. The van der Waals surface area contributed by atoms with E-state index in [1.807, 2.05) is 6.92 Å². The summed E-state index contributed by atoms with van der Waals surface area (Å²) in [6, 6.07) is 2.08. The van der Waals surface area contributed by atoms with E-state index >= 15 is 0 Å². The number of nitrogens with zero attached hydrogens (tertiary/aromatic N) is 3. The second-order valence-electron chi connectivity index (χ2n) is 5.04. The van der Waals surface area contributed by atoms with Crippen molar-refractivity contribution in [3.8, 4) is 0 Å². The number of rotatable bonds is 3. The zero-order chi connectivity index (χ0) is 13.2. The summed E-state index contributed by atoms with van der Waals surface area (Å²) in [6.07, 6.45) is 2.15. The minimum Gasteiger partial charge on any atom is -0.378 e. The summed E-state index contributed by atoms with van der Waals surface area (Å²) in [7, 11) is 0. The number of hydrogen-bond donors (Lipinski definition) is 1. The van der Waals surface area contributed by atoms with E-state index in [9.17, 15) is 4.79 Å². The normalized spacial score (nSPS) is 19.3. The topological polar surface area (TPSA) is 67.4 Å². The van der Waals surface area contributed by atoms with Crippen molar-refractivity contribution in [3.63, 3.8) is 0 Å². The molecule has 0 aromatic carbocycles. The fraction of sp³-hybridized carbons (Fsp3) is 0.615. The summed E-state index contributed by atoms with van der Waals surface area (Å²) >= 11 is 0. The number of carbonyl (C=O) groups is 1. The number of hydrogen-bond acceptors (Lipinski definition) is 5. The Morgan fingerprint density at radius 2 is 2.11 bits per heavy atom. The van der Waals surface area contributed by atoms with Crippen LogP contribution in [0.2, 0.25) is 0 Å². The van der Waals surface area contributed by atoms with Gasteiger partial charge >= 0.3 is 0 Å². The van der Waals surface area contributed by atoms with Crippen LogP contribution in [0, 0.1) is 6.92 Å². The summed E-state index contributed by atoms with van der Waals surface area (Å²) < 4.78 is 5.31. The van der Waals surface area contributed by atoms with Crippen LogP contribution in [0.4, 0.5) is 5.95 Å². The van der Waals surface area contributed by atoms with E-state index in [4.69, 9.17) is 4.74 Å². The predicted octanol–water partition coefficient (Wildman–Crippen LogP) is 0.514. The van der Waals surface area contributed by atoms with Crippen molar-refractivity contribution in [1.82, 2.24) is 15.3 Å². The van der Waals surface area contributed by atoms with Gasteiger partial charge in [-0.15, -0.1) is 0 Å². The van der Waals surface area contributed by atoms with Crippen LogP contribution in [0.15, 0.2) is 6.07 Å². The highest BCUT2D eigenvalue weighted by atomic mass is 16.5. The molecule has 1 aliphatic heterocycles. The number of carbonyl (C=O) groups excluding carboxylic acids is 1. The first-order valence-corrected chi connectivity index (χ1v) is 6.71. The van der Waals surface area contributed by atoms with Crippen molar-refractivity contribution in [2.45, 2.75) is 25.8 Å². The van der Waals surface area contributed by atoms with Crippen LogP contribution in [-0.2, 0) is 4.74 Å². The highest BCUT2D eigenvalue weighted by molar-refractivity contribution is 5.93. The van der Waals surface area contributed by atoms with Crippen LogP contribution < -0.4 is 10.2 Å². The highest BCUT2D eigenvalue weighted by Gasteiger charge is 2.25. The van der Waals surface area contributed by atoms with Crippen LogP contribution in [-0.4, -0.2) is 48.2 Å². The Labute approximate surface area is 112 Å². The Hall–Kier alpha value is -1.69. The molecule has 1 N–H and O–H groups in total. The predicted molar refractivity (Wildman–Crippen MR) is 70.3 cm³/mol. The average molecular weight is 262 g/mol. The molecule has 1 aromatic heterocycles. The SMILES string of the molecule is Cc1cc(C(=O)NC2CC2)nc(N2CCOCC2)n1. The van der Waals surface area contributed by atoms with Crippen LogP contribution >= 0.6 is 0 Å². The fourth-order valence-electron chi connectivity index (χ4n) is 2.06. The lowest BCUT2D eigenvalue weighted by molar-refractivity contribution is 0.0945. The van der Waals surface area contributed by atoms with Crippen molar-refractivity contribution < 1.29 is 9.53 Å². The molecule has 6 nitrogen and oxygen atoms in total. The van der Waals surface area contributed by atoms with E-state index in [1.54, 1.807) is 6.07 Å². The number of morpholine rings is 1. The van der Waals surface area contributed by atoms with Crippen LogP contribution in [0.25, 0.3) is 0 Å². The van der Waals surface area contributed by atoms with Gasteiger partial charge in [0.25, 0.3) is 5.91 Å². The molecule has 19 heavy (non-hydrogen) atoms. The van der Waals surface area contributed by atoms with E-state index in [0.29, 0.717) is 30.9 Å². The summed E-state index contributed by atoms with van der Waals surface area (Å²) in [6.45, 7) is 4.79. The molecular formula is C13H18N4O2. The van der Waals surface area contributed by atoms with Gasteiger partial charge in [-0.2, -0.15) is 0 Å². The highest BCUT2D eigenvalue weighted by Crippen LogP contribution is 2.19. The van der Waals surface area contributed by atoms with E-state index in [0.717, 1.165) is 31.6 Å². The van der Waals surface area contributed by atoms with E-state index in [2.05, 4.69) is 20.2 Å². The maximum atomic E-state index is 12.0. The van der Waals surface area contributed by atoms with Gasteiger partial charge in [0.05, 0.1) is 13.2 Å². The van der Waals surface area contributed by atoms with Crippen LogP contribution in [0.5, 0.6) is 0 Å². The van der Waals surface area contributed by atoms with E-state index in [1.165, 1.54) is 0 Å². The zero-order valence-corrected chi connectivity index (χ0v) is 11.1. The van der Waals surface area contributed by atoms with Crippen molar-refractivity contribution in [3.05, 3.63) is 17.5 Å². The number of nitrogens with one attached hydrogen (secondary N) is 1. The van der Waals surface area contributed by atoms with Crippen molar-refractivity contribution in [1.29, 1.82) is 0 Å². The summed E-state index contributed by atoms with van der Waals surface area (Å²) in [5, 5.41) is 2.96. The number of aryl methyl sites for hydroxylation is 1. The summed E-state index contributed by atoms with van der Waals surface area (Å²) in [5.74, 6) is 0.534. The molecule has 0 radical (unpaired) electrons. The first kappa shape index (κ1) is 12.3. The largest absolute Gasteiger partial charge is 0.378 e. The lowest BCUT2D eigenvalue weighted by Crippen LogP contribution is -2.38. The molecular weight excluding hydrogens is 244 g/mol. The molecule has 1 aromatic rings. The van der Waals surface area contributed by atoms with Gasteiger partial charge < -0.3 is 15.0 Å². The van der Waals surface area contributed by atoms with Crippen molar-refractivity contribution in [2.75, 3.05) is 31.2 Å². The van der Waals surface area contributed by atoms with Gasteiger partial charge in [-0.3, -0.25) is 4.79 Å². The van der Waals surface area contributed by atoms with Crippen molar-refractivity contribution >= 4 is 11.9 Å². The molecule has 1 saturated heterocycles. The Balaban J connectivity index is 1.79. The smallest absolute Gasteiger partial charge is 0.270 e. The fourth-order valence-corrected chi connectivity index (χ4v) is 2.06. The van der Waals surface area contributed by atoms with Gasteiger partial charge in [0, 0.05) is 24.8 Å². The van der Waals surface area contributed by atoms with Crippen molar-refractivity contribution in [2.24, 2.45) is 0 Å². The van der Waals surface area contributed by atoms with E-state index < -0.39 is 0 Å².